The third-order valence-electron chi connectivity index (χ3n) is 3.45. The van der Waals surface area contributed by atoms with Gasteiger partial charge in [-0.1, -0.05) is 12.1 Å². The zero-order valence-corrected chi connectivity index (χ0v) is 11.1. The maximum absolute atomic E-state index is 14.0. The van der Waals surface area contributed by atoms with Crippen LogP contribution in [0, 0.1) is 5.82 Å². The first kappa shape index (κ1) is 12.5. The van der Waals surface area contributed by atoms with Crippen LogP contribution in [0.2, 0.25) is 0 Å². The Morgan fingerprint density at radius 3 is 2.80 bits per heavy atom. The van der Waals surface area contributed by atoms with Crippen molar-refractivity contribution in [2.45, 2.75) is 6.54 Å². The van der Waals surface area contributed by atoms with Crippen molar-refractivity contribution in [3.63, 3.8) is 0 Å². The Morgan fingerprint density at radius 1 is 1.20 bits per heavy atom. The largest absolute Gasteiger partial charge is 0.497 e. The minimum Gasteiger partial charge on any atom is -0.497 e. The first-order chi connectivity index (χ1) is 9.69. The normalized spacial score (nSPS) is 10.9. The topological polar surface area (TPSA) is 40.2 Å². The molecule has 1 heterocycles. The van der Waals surface area contributed by atoms with E-state index in [0.717, 1.165) is 16.6 Å². The molecule has 3 rings (SSSR count). The monoisotopic (exact) mass is 270 g/mol. The number of benzene rings is 2. The van der Waals surface area contributed by atoms with Gasteiger partial charge in [0, 0.05) is 28.9 Å². The summed E-state index contributed by atoms with van der Waals surface area (Å²) in [7, 11) is 1.52. The molecule has 4 heteroatoms. The Labute approximate surface area is 116 Å². The van der Waals surface area contributed by atoms with E-state index in [0.29, 0.717) is 17.9 Å². The number of nitrogens with two attached hydrogens (primary N) is 1. The predicted octanol–water partition coefficient (Wildman–Crippen LogP) is 3.42. The van der Waals surface area contributed by atoms with Crippen LogP contribution in [-0.4, -0.2) is 11.7 Å². The molecule has 0 saturated carbocycles. The highest BCUT2D eigenvalue weighted by Crippen LogP contribution is 2.24. The second kappa shape index (κ2) is 4.89. The lowest BCUT2D eigenvalue weighted by atomic mass is 10.2. The predicted molar refractivity (Wildman–Crippen MR) is 78.4 cm³/mol. The van der Waals surface area contributed by atoms with E-state index in [1.807, 2.05) is 35.0 Å². The fourth-order valence-corrected chi connectivity index (χ4v) is 2.35. The number of methoxy groups -OCH3 is 1. The van der Waals surface area contributed by atoms with Crippen molar-refractivity contribution in [3.05, 3.63) is 60.0 Å². The fraction of sp³-hybridized carbons (Fsp3) is 0.125. The smallest absolute Gasteiger partial charge is 0.131 e. The Balaban J connectivity index is 1.99. The van der Waals surface area contributed by atoms with Crippen molar-refractivity contribution in [3.8, 4) is 5.75 Å². The quantitative estimate of drug-likeness (QED) is 0.741. The highest BCUT2D eigenvalue weighted by molar-refractivity contribution is 5.91. The molecular weight excluding hydrogens is 255 g/mol. The van der Waals surface area contributed by atoms with Gasteiger partial charge in [0.05, 0.1) is 19.2 Å². The van der Waals surface area contributed by atoms with Crippen molar-refractivity contribution < 1.29 is 9.13 Å². The number of fused-ring (bicyclic) bond motifs is 1. The van der Waals surface area contributed by atoms with E-state index in [9.17, 15) is 4.39 Å². The molecule has 0 aliphatic carbocycles. The van der Waals surface area contributed by atoms with Gasteiger partial charge in [-0.2, -0.15) is 0 Å². The first-order valence-corrected chi connectivity index (χ1v) is 6.35. The number of anilines is 1. The second-order valence-corrected chi connectivity index (χ2v) is 4.68. The summed E-state index contributed by atoms with van der Waals surface area (Å²) >= 11 is 0. The van der Waals surface area contributed by atoms with Gasteiger partial charge in [0.1, 0.15) is 11.6 Å². The van der Waals surface area contributed by atoms with E-state index in [-0.39, 0.29) is 5.82 Å². The third-order valence-corrected chi connectivity index (χ3v) is 3.45. The van der Waals surface area contributed by atoms with E-state index in [1.54, 1.807) is 12.1 Å². The Bertz CT molecular complexity index is 764. The second-order valence-electron chi connectivity index (χ2n) is 4.68. The molecule has 0 fully saturated rings. The number of hydrogen-bond donors (Lipinski definition) is 1. The summed E-state index contributed by atoms with van der Waals surface area (Å²) in [6.45, 7) is 0.461. The number of ether oxygens (including phenoxy) is 1. The summed E-state index contributed by atoms with van der Waals surface area (Å²) in [5.74, 6) is 0.253. The van der Waals surface area contributed by atoms with Gasteiger partial charge in [-0.05, 0) is 24.3 Å². The highest BCUT2D eigenvalue weighted by Gasteiger charge is 2.08. The molecule has 0 aliphatic heterocycles. The highest BCUT2D eigenvalue weighted by atomic mass is 19.1. The van der Waals surface area contributed by atoms with E-state index >= 15 is 0 Å². The van der Waals surface area contributed by atoms with Crippen molar-refractivity contribution >= 4 is 16.6 Å². The minimum absolute atomic E-state index is 0.268. The number of nitrogens with zero attached hydrogens (tertiary/aromatic N) is 1. The lowest BCUT2D eigenvalue weighted by Gasteiger charge is -2.08. The molecular formula is C16H15FN2O. The van der Waals surface area contributed by atoms with Crippen molar-refractivity contribution in [2.75, 3.05) is 12.8 Å². The van der Waals surface area contributed by atoms with Crippen LogP contribution in [0.5, 0.6) is 5.75 Å². The number of halogens is 1. The third kappa shape index (κ3) is 2.09. The average molecular weight is 270 g/mol. The number of aromatic nitrogens is 1. The summed E-state index contributed by atoms with van der Waals surface area (Å²) in [6, 6.07) is 12.6. The molecule has 3 nitrogen and oxygen atoms in total. The van der Waals surface area contributed by atoms with Crippen molar-refractivity contribution in [1.82, 2.24) is 4.57 Å². The van der Waals surface area contributed by atoms with Gasteiger partial charge in [0.2, 0.25) is 0 Å². The molecule has 0 bridgehead atoms. The summed E-state index contributed by atoms with van der Waals surface area (Å²) in [6.07, 6.45) is 1.92. The molecule has 0 radical (unpaired) electrons. The Morgan fingerprint density at radius 2 is 2.05 bits per heavy atom. The Kier molecular flexibility index (Phi) is 3.06. The zero-order valence-electron chi connectivity index (χ0n) is 11.1. The molecule has 0 saturated heterocycles. The molecule has 2 aromatic carbocycles. The van der Waals surface area contributed by atoms with Crippen molar-refractivity contribution in [1.29, 1.82) is 0 Å². The van der Waals surface area contributed by atoms with Crippen molar-refractivity contribution in [2.24, 2.45) is 0 Å². The molecule has 0 atom stereocenters. The molecule has 0 aliphatic rings. The maximum atomic E-state index is 14.0. The van der Waals surface area contributed by atoms with Crippen LogP contribution in [-0.2, 0) is 6.54 Å². The fourth-order valence-electron chi connectivity index (χ4n) is 2.35. The van der Waals surface area contributed by atoms with Gasteiger partial charge in [-0.3, -0.25) is 0 Å². The Hall–Kier alpha value is -2.49. The molecule has 2 N–H and O–H groups in total. The van der Waals surface area contributed by atoms with E-state index in [1.165, 1.54) is 13.2 Å². The molecule has 0 amide bonds. The molecule has 1 aromatic heterocycles. The lowest BCUT2D eigenvalue weighted by Crippen LogP contribution is -2.01. The van der Waals surface area contributed by atoms with E-state index in [4.69, 9.17) is 10.5 Å². The number of hydrogen-bond acceptors (Lipinski definition) is 2. The first-order valence-electron chi connectivity index (χ1n) is 6.35. The van der Waals surface area contributed by atoms with Gasteiger partial charge >= 0.3 is 0 Å². The van der Waals surface area contributed by atoms with Crippen LogP contribution in [0.1, 0.15) is 5.56 Å². The van der Waals surface area contributed by atoms with E-state index in [2.05, 4.69) is 0 Å². The summed E-state index contributed by atoms with van der Waals surface area (Å²) in [5, 5.41) is 0.987. The van der Waals surface area contributed by atoms with Crippen LogP contribution in [0.4, 0.5) is 10.1 Å². The van der Waals surface area contributed by atoms with Gasteiger partial charge in [0.15, 0.2) is 0 Å². The van der Waals surface area contributed by atoms with Crippen LogP contribution < -0.4 is 10.5 Å². The number of rotatable bonds is 3. The number of nitrogen functional groups attached to an aromatic ring is 1. The van der Waals surface area contributed by atoms with Gasteiger partial charge in [0.25, 0.3) is 0 Å². The van der Waals surface area contributed by atoms with Crippen LogP contribution in [0.15, 0.2) is 48.7 Å². The molecule has 20 heavy (non-hydrogen) atoms. The molecule has 0 spiro atoms. The minimum atomic E-state index is -0.268. The van der Waals surface area contributed by atoms with E-state index < -0.39 is 0 Å². The molecule has 0 unspecified atom stereocenters. The standard InChI is InChI=1S/C16H15FN2O/c1-20-12-6-5-11(14(17)9-12)10-19-8-7-13-15(18)3-2-4-16(13)19/h2-9H,10,18H2,1H3. The molecule has 3 aromatic rings. The van der Waals surface area contributed by atoms with Gasteiger partial charge < -0.3 is 15.0 Å². The maximum Gasteiger partial charge on any atom is 0.131 e. The van der Waals surface area contributed by atoms with Crippen LogP contribution in [0.25, 0.3) is 10.9 Å². The zero-order chi connectivity index (χ0) is 14.1. The van der Waals surface area contributed by atoms with Crippen LogP contribution in [0.3, 0.4) is 0 Å². The summed E-state index contributed by atoms with van der Waals surface area (Å²) < 4.78 is 21.0. The summed E-state index contributed by atoms with van der Waals surface area (Å²) in [5.41, 5.74) is 8.28. The summed E-state index contributed by atoms with van der Waals surface area (Å²) in [4.78, 5) is 0. The van der Waals surface area contributed by atoms with Gasteiger partial charge in [-0.15, -0.1) is 0 Å². The molecule has 102 valence electrons. The average Bonchev–Trinajstić information content (AvgIpc) is 2.86. The van der Waals surface area contributed by atoms with Crippen LogP contribution >= 0.6 is 0 Å². The lowest BCUT2D eigenvalue weighted by molar-refractivity contribution is 0.410. The SMILES string of the molecule is COc1ccc(Cn2ccc3c(N)cccc32)c(F)c1. The van der Waals surface area contributed by atoms with Gasteiger partial charge in [-0.25, -0.2) is 4.39 Å².